The fraction of sp³-hybridized carbons (Fsp3) is 0.455. The van der Waals surface area contributed by atoms with Gasteiger partial charge in [0.15, 0.2) is 0 Å². The molecular weight excluding hydrogens is 432 g/mol. The van der Waals surface area contributed by atoms with Gasteiger partial charge in [0.25, 0.3) is 0 Å². The van der Waals surface area contributed by atoms with Crippen LogP contribution in [0.25, 0.3) is 0 Å². The monoisotopic (exact) mass is 464 g/mol. The second-order valence-corrected chi connectivity index (χ2v) is 8.42. The van der Waals surface area contributed by atoms with E-state index in [1.165, 1.54) is 11.3 Å². The molecule has 2 aromatic rings. The number of hydrogen-bond acceptors (Lipinski definition) is 6. The molecule has 1 heterocycles. The first-order valence-corrected chi connectivity index (χ1v) is 11.2. The zero-order chi connectivity index (χ0) is 24.3. The van der Waals surface area contributed by atoms with Gasteiger partial charge in [0.1, 0.15) is 17.9 Å². The van der Waals surface area contributed by atoms with Gasteiger partial charge < -0.3 is 25.7 Å². The molecule has 2 rings (SSSR count). The number of anilines is 1. The van der Waals surface area contributed by atoms with Gasteiger partial charge in [0.05, 0.1) is 5.51 Å². The Morgan fingerprint density at radius 3 is 2.03 bits per heavy atom. The van der Waals surface area contributed by atoms with Crippen molar-refractivity contribution in [3.05, 3.63) is 46.8 Å². The number of amides is 2. The first kappa shape index (κ1) is 26.9. The minimum atomic E-state index is -1.03. The van der Waals surface area contributed by atoms with Crippen molar-refractivity contribution in [3.63, 3.8) is 0 Å². The maximum absolute atomic E-state index is 12.3. The summed E-state index contributed by atoms with van der Waals surface area (Å²) in [6.45, 7) is 9.21. The number of carbonyl (C=O) groups is 3. The first-order chi connectivity index (χ1) is 15.0. The number of nitrogens with zero attached hydrogens (tertiary/aromatic N) is 2. The molecular formula is C22H32N4O5S. The van der Waals surface area contributed by atoms with Crippen LogP contribution in [0, 0.1) is 0 Å². The molecule has 10 heteroatoms. The normalized spacial score (nSPS) is 12.3. The second-order valence-electron chi connectivity index (χ2n) is 7.70. The van der Waals surface area contributed by atoms with Crippen LogP contribution in [-0.2, 0) is 16.0 Å². The summed E-state index contributed by atoms with van der Waals surface area (Å²) in [5.41, 5.74) is 2.53. The van der Waals surface area contributed by atoms with Crippen LogP contribution in [0.3, 0.4) is 0 Å². The summed E-state index contributed by atoms with van der Waals surface area (Å²) < 4.78 is 0. The lowest BCUT2D eigenvalue weighted by atomic mass is 10.1. The van der Waals surface area contributed by atoms with Crippen molar-refractivity contribution in [1.82, 2.24) is 15.2 Å². The number of rotatable bonds is 9. The molecule has 0 radical (unpaired) electrons. The van der Waals surface area contributed by atoms with Gasteiger partial charge in [-0.25, -0.2) is 14.6 Å². The van der Waals surface area contributed by atoms with E-state index in [0.717, 1.165) is 5.56 Å². The van der Waals surface area contributed by atoms with Crippen LogP contribution in [0.15, 0.2) is 41.2 Å². The maximum Gasteiger partial charge on any atom is 0.326 e. The molecule has 0 bridgehead atoms. The van der Waals surface area contributed by atoms with Crippen LogP contribution < -0.4 is 10.6 Å². The van der Waals surface area contributed by atoms with Crippen molar-refractivity contribution in [2.45, 2.75) is 65.2 Å². The number of carboxylic acids is 2. The van der Waals surface area contributed by atoms with E-state index in [2.05, 4.69) is 15.6 Å². The Bertz CT molecular complexity index is 835. The fourth-order valence-electron chi connectivity index (χ4n) is 2.91. The van der Waals surface area contributed by atoms with Gasteiger partial charge in [0, 0.05) is 23.9 Å². The van der Waals surface area contributed by atoms with Gasteiger partial charge in [-0.1, -0.05) is 30.3 Å². The second kappa shape index (κ2) is 13.3. The smallest absolute Gasteiger partial charge is 0.326 e. The zero-order valence-corrected chi connectivity index (χ0v) is 19.8. The molecule has 2 atom stereocenters. The van der Waals surface area contributed by atoms with E-state index in [9.17, 15) is 19.5 Å². The predicted molar refractivity (Wildman–Crippen MR) is 125 cm³/mol. The zero-order valence-electron chi connectivity index (χ0n) is 19.0. The number of carboxylic acid groups (broad SMARTS) is 2. The minimum Gasteiger partial charge on any atom is -0.480 e. The number of urea groups is 1. The van der Waals surface area contributed by atoms with Crippen LogP contribution in [-0.4, -0.2) is 62.2 Å². The molecule has 0 aliphatic rings. The fourth-order valence-corrected chi connectivity index (χ4v) is 3.40. The third-order valence-electron chi connectivity index (χ3n) is 4.39. The largest absolute Gasteiger partial charge is 0.480 e. The van der Waals surface area contributed by atoms with Crippen LogP contribution in [0.4, 0.5) is 10.6 Å². The van der Waals surface area contributed by atoms with Crippen LogP contribution in [0.5, 0.6) is 0 Å². The SMILES string of the molecule is CC(C)N(C(=O)N[C@@H](Cc1ccccc1)C(=O)O)C(C)C.C[C@H](Nc1cscn1)C(=O)O. The summed E-state index contributed by atoms with van der Waals surface area (Å²) in [6.07, 6.45) is 0.270. The lowest BCUT2D eigenvalue weighted by Crippen LogP contribution is -2.53. The Labute approximate surface area is 192 Å². The van der Waals surface area contributed by atoms with Crippen molar-refractivity contribution < 1.29 is 24.6 Å². The molecule has 4 N–H and O–H groups in total. The van der Waals surface area contributed by atoms with Gasteiger partial charge in [-0.05, 0) is 40.2 Å². The third-order valence-corrected chi connectivity index (χ3v) is 4.98. The Morgan fingerprint density at radius 1 is 1.00 bits per heavy atom. The van der Waals surface area contributed by atoms with Crippen molar-refractivity contribution in [2.75, 3.05) is 5.32 Å². The lowest BCUT2D eigenvalue weighted by molar-refractivity contribution is -0.139. The van der Waals surface area contributed by atoms with Crippen molar-refractivity contribution >= 4 is 35.1 Å². The van der Waals surface area contributed by atoms with Gasteiger partial charge in [-0.15, -0.1) is 11.3 Å². The van der Waals surface area contributed by atoms with E-state index >= 15 is 0 Å². The highest BCUT2D eigenvalue weighted by molar-refractivity contribution is 7.07. The topological polar surface area (TPSA) is 132 Å². The number of benzene rings is 1. The number of nitrogens with one attached hydrogen (secondary N) is 2. The van der Waals surface area contributed by atoms with Crippen molar-refractivity contribution in [2.24, 2.45) is 0 Å². The molecule has 0 saturated heterocycles. The molecule has 2 amide bonds. The minimum absolute atomic E-state index is 0.0103. The number of carbonyl (C=O) groups excluding carboxylic acids is 1. The van der Waals surface area contributed by atoms with Gasteiger partial charge >= 0.3 is 18.0 Å². The summed E-state index contributed by atoms with van der Waals surface area (Å²) in [6, 6.07) is 7.44. The molecule has 0 aliphatic heterocycles. The predicted octanol–water partition coefficient (Wildman–Crippen LogP) is 3.54. The summed E-state index contributed by atoms with van der Waals surface area (Å²) in [7, 11) is 0. The highest BCUT2D eigenvalue weighted by Crippen LogP contribution is 2.09. The van der Waals surface area contributed by atoms with E-state index < -0.39 is 24.0 Å². The van der Waals surface area contributed by atoms with Crippen molar-refractivity contribution in [1.29, 1.82) is 0 Å². The van der Waals surface area contributed by atoms with E-state index in [-0.39, 0.29) is 24.5 Å². The summed E-state index contributed by atoms with van der Waals surface area (Å²) >= 11 is 1.43. The maximum atomic E-state index is 12.3. The molecule has 0 fully saturated rings. The van der Waals surface area contributed by atoms with Crippen LogP contribution in [0.2, 0.25) is 0 Å². The average molecular weight is 465 g/mol. The molecule has 0 aliphatic carbocycles. The van der Waals surface area contributed by atoms with E-state index in [1.807, 2.05) is 58.0 Å². The Morgan fingerprint density at radius 2 is 1.59 bits per heavy atom. The van der Waals surface area contributed by atoms with Gasteiger partial charge in [-0.2, -0.15) is 0 Å². The molecule has 0 unspecified atom stereocenters. The molecule has 1 aromatic heterocycles. The van der Waals surface area contributed by atoms with Crippen LogP contribution >= 0.6 is 11.3 Å². The average Bonchev–Trinajstić information content (AvgIpc) is 3.21. The van der Waals surface area contributed by atoms with Crippen molar-refractivity contribution in [3.8, 4) is 0 Å². The molecule has 0 spiro atoms. The third kappa shape index (κ3) is 9.34. The van der Waals surface area contributed by atoms with Gasteiger partial charge in [-0.3, -0.25) is 4.79 Å². The Balaban J connectivity index is 0.000000389. The van der Waals surface area contributed by atoms with Gasteiger partial charge in [0.2, 0.25) is 0 Å². The molecule has 9 nitrogen and oxygen atoms in total. The molecule has 32 heavy (non-hydrogen) atoms. The molecule has 176 valence electrons. The first-order valence-electron chi connectivity index (χ1n) is 10.3. The van der Waals surface area contributed by atoms with Crippen LogP contribution in [0.1, 0.15) is 40.2 Å². The number of aromatic nitrogens is 1. The van der Waals surface area contributed by atoms with E-state index in [4.69, 9.17) is 5.11 Å². The molecule has 1 aromatic carbocycles. The van der Waals surface area contributed by atoms with E-state index in [0.29, 0.717) is 5.82 Å². The highest BCUT2D eigenvalue weighted by atomic mass is 32.1. The number of aliphatic carboxylic acids is 2. The van der Waals surface area contributed by atoms with E-state index in [1.54, 1.807) is 22.7 Å². The number of hydrogen-bond donors (Lipinski definition) is 4. The number of thiazole rings is 1. The Hall–Kier alpha value is -3.14. The Kier molecular flexibility index (Phi) is 11.2. The highest BCUT2D eigenvalue weighted by Gasteiger charge is 2.26. The molecule has 0 saturated carbocycles. The summed E-state index contributed by atoms with van der Waals surface area (Å²) in [5.74, 6) is -1.29. The lowest BCUT2D eigenvalue weighted by Gasteiger charge is -2.32. The standard InChI is InChI=1S/C16H24N2O3.C6H8N2O2S/c1-11(2)18(12(3)4)16(21)17-14(15(19)20)10-13-8-6-5-7-9-13;1-4(6(9)10)8-5-2-11-3-7-5/h5-9,11-12,14H,10H2,1-4H3,(H,17,21)(H,19,20);2-4,8H,1H3,(H,9,10)/t14-;4-/m00/s1. The summed E-state index contributed by atoms with van der Waals surface area (Å²) in [4.78, 5) is 39.5. The quantitative estimate of drug-likeness (QED) is 0.446. The summed E-state index contributed by atoms with van der Waals surface area (Å²) in [5, 5.41) is 24.9.